The topological polar surface area (TPSA) is 35.5 Å². The van der Waals surface area contributed by atoms with E-state index in [-0.39, 0.29) is 5.97 Å². The number of benzene rings is 1. The van der Waals surface area contributed by atoms with Gasteiger partial charge in [0, 0.05) is 6.08 Å². The van der Waals surface area contributed by atoms with E-state index in [0.29, 0.717) is 12.5 Å². The third-order valence-electron chi connectivity index (χ3n) is 1.84. The minimum atomic E-state index is -0.373. The van der Waals surface area contributed by atoms with Crippen LogP contribution >= 0.6 is 11.6 Å². The fraction of sp³-hybridized carbons (Fsp3) is 0.250. The first-order valence-corrected chi connectivity index (χ1v) is 5.34. The van der Waals surface area contributed by atoms with E-state index < -0.39 is 0 Å². The van der Waals surface area contributed by atoms with Crippen molar-refractivity contribution in [2.45, 2.75) is 0 Å². The van der Waals surface area contributed by atoms with Crippen molar-refractivity contribution in [1.82, 2.24) is 0 Å². The van der Waals surface area contributed by atoms with Gasteiger partial charge in [-0.1, -0.05) is 12.1 Å². The zero-order valence-electron chi connectivity index (χ0n) is 8.98. The molecule has 4 heteroatoms. The average molecular weight is 241 g/mol. The van der Waals surface area contributed by atoms with Gasteiger partial charge in [-0.25, -0.2) is 4.79 Å². The van der Waals surface area contributed by atoms with Gasteiger partial charge in [-0.3, -0.25) is 0 Å². The molecule has 0 fully saturated rings. The molecule has 1 aromatic carbocycles. The van der Waals surface area contributed by atoms with E-state index in [2.05, 4.69) is 4.74 Å². The molecule has 3 nitrogen and oxygen atoms in total. The molecule has 0 unspecified atom stereocenters. The molecule has 0 bridgehead atoms. The molecule has 0 amide bonds. The van der Waals surface area contributed by atoms with Gasteiger partial charge in [-0.15, -0.1) is 11.6 Å². The summed E-state index contributed by atoms with van der Waals surface area (Å²) >= 11 is 5.50. The second-order valence-electron chi connectivity index (χ2n) is 2.96. The van der Waals surface area contributed by atoms with Gasteiger partial charge >= 0.3 is 5.97 Å². The molecule has 1 rings (SSSR count). The van der Waals surface area contributed by atoms with Crippen LogP contribution in [0.25, 0.3) is 6.08 Å². The Balaban J connectivity index is 2.57. The summed E-state index contributed by atoms with van der Waals surface area (Å²) < 4.78 is 9.79. The van der Waals surface area contributed by atoms with Gasteiger partial charge in [0.15, 0.2) is 0 Å². The van der Waals surface area contributed by atoms with Crippen molar-refractivity contribution in [2.75, 3.05) is 19.6 Å². The summed E-state index contributed by atoms with van der Waals surface area (Å²) in [5, 5.41) is 0. The smallest absolute Gasteiger partial charge is 0.330 e. The van der Waals surface area contributed by atoms with E-state index in [4.69, 9.17) is 16.3 Å². The molecule has 0 aliphatic rings. The van der Waals surface area contributed by atoms with Crippen LogP contribution in [0.4, 0.5) is 0 Å². The van der Waals surface area contributed by atoms with Crippen LogP contribution in [-0.4, -0.2) is 25.6 Å². The van der Waals surface area contributed by atoms with Crippen molar-refractivity contribution in [3.05, 3.63) is 35.9 Å². The number of ether oxygens (including phenoxy) is 2. The Morgan fingerprint density at radius 2 is 2.06 bits per heavy atom. The van der Waals surface area contributed by atoms with E-state index >= 15 is 0 Å². The highest BCUT2D eigenvalue weighted by Crippen LogP contribution is 2.13. The maximum absolute atomic E-state index is 10.8. The van der Waals surface area contributed by atoms with Crippen LogP contribution in [0, 0.1) is 0 Å². The minimum Gasteiger partial charge on any atom is -0.492 e. The van der Waals surface area contributed by atoms with E-state index in [1.807, 2.05) is 24.3 Å². The molecule has 1 aromatic rings. The molecule has 0 saturated carbocycles. The molecule has 0 radical (unpaired) electrons. The van der Waals surface area contributed by atoms with Crippen LogP contribution < -0.4 is 4.74 Å². The monoisotopic (exact) mass is 240 g/mol. The maximum Gasteiger partial charge on any atom is 0.330 e. The number of hydrogen-bond acceptors (Lipinski definition) is 3. The van der Waals surface area contributed by atoms with Crippen LogP contribution in [0.1, 0.15) is 5.56 Å². The first-order valence-electron chi connectivity index (χ1n) is 4.81. The molecular formula is C12H13ClO3. The van der Waals surface area contributed by atoms with Crippen molar-refractivity contribution in [2.24, 2.45) is 0 Å². The van der Waals surface area contributed by atoms with Gasteiger partial charge in [0.2, 0.25) is 0 Å². The molecule has 0 N–H and O–H groups in total. The van der Waals surface area contributed by atoms with Crippen LogP contribution in [0.3, 0.4) is 0 Å². The third-order valence-corrected chi connectivity index (χ3v) is 1.99. The maximum atomic E-state index is 10.8. The lowest BCUT2D eigenvalue weighted by atomic mass is 10.2. The second-order valence-corrected chi connectivity index (χ2v) is 3.34. The van der Waals surface area contributed by atoms with Crippen molar-refractivity contribution in [1.29, 1.82) is 0 Å². The Hall–Kier alpha value is -1.48. The largest absolute Gasteiger partial charge is 0.492 e. The second kappa shape index (κ2) is 6.90. The lowest BCUT2D eigenvalue weighted by Gasteiger charge is -2.03. The average Bonchev–Trinajstić information content (AvgIpc) is 2.34. The summed E-state index contributed by atoms with van der Waals surface area (Å²) in [6.07, 6.45) is 3.05. The Bertz CT molecular complexity index is 357. The summed E-state index contributed by atoms with van der Waals surface area (Å²) in [5.74, 6) is 0.850. The van der Waals surface area contributed by atoms with E-state index in [1.165, 1.54) is 13.2 Å². The fourth-order valence-electron chi connectivity index (χ4n) is 1.06. The van der Waals surface area contributed by atoms with E-state index in [1.54, 1.807) is 6.08 Å². The molecular weight excluding hydrogens is 228 g/mol. The van der Waals surface area contributed by atoms with Gasteiger partial charge in [0.05, 0.1) is 13.0 Å². The van der Waals surface area contributed by atoms with Crippen molar-refractivity contribution in [3.8, 4) is 5.75 Å². The summed E-state index contributed by atoms with van der Waals surface area (Å²) in [6, 6.07) is 7.35. The van der Waals surface area contributed by atoms with Crippen LogP contribution in [-0.2, 0) is 9.53 Å². The molecule has 0 spiro atoms. The standard InChI is InChI=1S/C12H13ClO3/c1-15-12(14)7-4-10-2-5-11(6-3-10)16-9-8-13/h2-7H,8-9H2,1H3. The Morgan fingerprint density at radius 1 is 1.38 bits per heavy atom. The van der Waals surface area contributed by atoms with Crippen molar-refractivity contribution >= 4 is 23.6 Å². The zero-order valence-corrected chi connectivity index (χ0v) is 9.74. The molecule has 0 heterocycles. The molecule has 0 atom stereocenters. The minimum absolute atomic E-state index is 0.373. The first kappa shape index (κ1) is 12.6. The molecule has 16 heavy (non-hydrogen) atoms. The van der Waals surface area contributed by atoms with Gasteiger partial charge in [0.25, 0.3) is 0 Å². The Morgan fingerprint density at radius 3 is 2.62 bits per heavy atom. The number of halogens is 1. The Kier molecular flexibility index (Phi) is 5.43. The number of alkyl halides is 1. The van der Waals surface area contributed by atoms with Gasteiger partial charge in [-0.05, 0) is 23.8 Å². The summed E-state index contributed by atoms with van der Waals surface area (Å²) in [6.45, 7) is 0.485. The highest BCUT2D eigenvalue weighted by atomic mass is 35.5. The lowest BCUT2D eigenvalue weighted by Crippen LogP contribution is -1.97. The first-order chi connectivity index (χ1) is 7.76. The molecule has 86 valence electrons. The normalized spacial score (nSPS) is 10.4. The quantitative estimate of drug-likeness (QED) is 0.451. The number of hydrogen-bond donors (Lipinski definition) is 0. The number of carbonyl (C=O) groups excluding carboxylic acids is 1. The number of methoxy groups -OCH3 is 1. The lowest BCUT2D eigenvalue weighted by molar-refractivity contribution is -0.134. The summed E-state index contributed by atoms with van der Waals surface area (Å²) in [7, 11) is 1.34. The molecule has 0 aromatic heterocycles. The number of rotatable bonds is 5. The van der Waals surface area contributed by atoms with Gasteiger partial charge < -0.3 is 9.47 Å². The highest BCUT2D eigenvalue weighted by Gasteiger charge is 1.94. The van der Waals surface area contributed by atoms with E-state index in [9.17, 15) is 4.79 Å². The Labute approximate surface area is 99.6 Å². The molecule has 0 aliphatic heterocycles. The van der Waals surface area contributed by atoms with E-state index in [0.717, 1.165) is 11.3 Å². The van der Waals surface area contributed by atoms with Gasteiger partial charge in [0.1, 0.15) is 12.4 Å². The molecule has 0 aliphatic carbocycles. The van der Waals surface area contributed by atoms with Crippen molar-refractivity contribution in [3.63, 3.8) is 0 Å². The number of carbonyl (C=O) groups is 1. The van der Waals surface area contributed by atoms with Crippen LogP contribution in [0.5, 0.6) is 5.75 Å². The van der Waals surface area contributed by atoms with Crippen LogP contribution in [0.15, 0.2) is 30.3 Å². The fourth-order valence-corrected chi connectivity index (χ4v) is 1.14. The predicted octanol–water partition coefficient (Wildman–Crippen LogP) is 2.49. The van der Waals surface area contributed by atoms with Crippen molar-refractivity contribution < 1.29 is 14.3 Å². The molecule has 0 saturated heterocycles. The summed E-state index contributed by atoms with van der Waals surface area (Å²) in [4.78, 5) is 10.8. The summed E-state index contributed by atoms with van der Waals surface area (Å²) in [5.41, 5.74) is 0.906. The third kappa shape index (κ3) is 4.36. The van der Waals surface area contributed by atoms with Crippen LogP contribution in [0.2, 0.25) is 0 Å². The number of esters is 1. The highest BCUT2D eigenvalue weighted by molar-refractivity contribution is 6.18. The SMILES string of the molecule is COC(=O)C=Cc1ccc(OCCCl)cc1. The van der Waals surface area contributed by atoms with Gasteiger partial charge in [-0.2, -0.15) is 0 Å². The zero-order chi connectivity index (χ0) is 11.8. The predicted molar refractivity (Wildman–Crippen MR) is 63.7 cm³/mol.